The minimum absolute atomic E-state index is 0.198. The molecule has 0 aliphatic carbocycles. The first kappa shape index (κ1) is 13.7. The molecule has 1 aromatic heterocycles. The molecule has 0 bridgehead atoms. The lowest BCUT2D eigenvalue weighted by Gasteiger charge is -2.07. The van der Waals surface area contributed by atoms with E-state index in [0.717, 1.165) is 16.9 Å². The predicted octanol–water partition coefficient (Wildman–Crippen LogP) is 3.18. The Balaban J connectivity index is 2.60. The smallest absolute Gasteiger partial charge is 0.359 e. The number of carbonyl (C=O) groups is 1. The van der Waals surface area contributed by atoms with Crippen LogP contribution in [0.25, 0.3) is 5.69 Å². The van der Waals surface area contributed by atoms with E-state index in [-0.39, 0.29) is 11.5 Å². The molecule has 0 amide bonds. The molecule has 4 nitrogen and oxygen atoms in total. The van der Waals surface area contributed by atoms with E-state index < -0.39 is 5.97 Å². The molecule has 0 atom stereocenters. The maximum atomic E-state index is 13.1. The lowest BCUT2D eigenvalue weighted by Crippen LogP contribution is -2.06. The van der Waals surface area contributed by atoms with Gasteiger partial charge >= 0.3 is 5.97 Å². The van der Waals surface area contributed by atoms with Crippen LogP contribution in [-0.2, 0) is 4.74 Å². The zero-order valence-electron chi connectivity index (χ0n) is 10.7. The number of aromatic nitrogens is 2. The first-order valence-corrected chi connectivity index (χ1v) is 6.35. The van der Waals surface area contributed by atoms with E-state index in [0.29, 0.717) is 4.47 Å². The molecule has 0 fully saturated rings. The highest BCUT2D eigenvalue weighted by atomic mass is 79.9. The average Bonchev–Trinajstić information content (AvgIpc) is 2.66. The number of aryl methyl sites for hydroxylation is 1. The zero-order valence-corrected chi connectivity index (χ0v) is 12.3. The second kappa shape index (κ2) is 5.13. The monoisotopic (exact) mass is 326 g/mol. The quantitative estimate of drug-likeness (QED) is 0.796. The number of rotatable bonds is 2. The molecule has 0 N–H and O–H groups in total. The van der Waals surface area contributed by atoms with Crippen molar-refractivity contribution in [3.63, 3.8) is 0 Å². The fraction of sp³-hybridized carbons (Fsp3) is 0.231. The third kappa shape index (κ3) is 2.40. The van der Waals surface area contributed by atoms with Crippen LogP contribution in [-0.4, -0.2) is 22.9 Å². The summed E-state index contributed by atoms with van der Waals surface area (Å²) in [6.07, 6.45) is 0. The van der Waals surface area contributed by atoms with Gasteiger partial charge in [0.05, 0.1) is 23.0 Å². The number of methoxy groups -OCH3 is 1. The molecule has 2 rings (SSSR count). The summed E-state index contributed by atoms with van der Waals surface area (Å²) < 4.78 is 19.9. The van der Waals surface area contributed by atoms with Crippen LogP contribution in [0.1, 0.15) is 21.7 Å². The van der Waals surface area contributed by atoms with Gasteiger partial charge < -0.3 is 4.74 Å². The van der Waals surface area contributed by atoms with Crippen LogP contribution < -0.4 is 0 Å². The van der Waals surface area contributed by atoms with Crippen molar-refractivity contribution < 1.29 is 13.9 Å². The first-order valence-electron chi connectivity index (χ1n) is 5.55. The van der Waals surface area contributed by atoms with Gasteiger partial charge in [-0.25, -0.2) is 13.9 Å². The van der Waals surface area contributed by atoms with E-state index in [1.807, 2.05) is 6.92 Å². The molecule has 100 valence electrons. The molecule has 0 radical (unpaired) electrons. The van der Waals surface area contributed by atoms with Gasteiger partial charge in [0.2, 0.25) is 0 Å². The summed E-state index contributed by atoms with van der Waals surface area (Å²) in [4.78, 5) is 11.6. The van der Waals surface area contributed by atoms with Crippen LogP contribution in [0.2, 0.25) is 0 Å². The second-order valence-corrected chi connectivity index (χ2v) is 4.88. The van der Waals surface area contributed by atoms with E-state index in [1.165, 1.54) is 19.2 Å². The summed E-state index contributed by atoms with van der Waals surface area (Å²) in [7, 11) is 1.30. The van der Waals surface area contributed by atoms with Crippen LogP contribution in [0.5, 0.6) is 0 Å². The number of ether oxygens (including phenoxy) is 1. The van der Waals surface area contributed by atoms with E-state index in [9.17, 15) is 9.18 Å². The lowest BCUT2D eigenvalue weighted by molar-refractivity contribution is 0.0592. The van der Waals surface area contributed by atoms with Crippen LogP contribution in [0, 0.1) is 19.7 Å². The number of hydrogen-bond donors (Lipinski definition) is 0. The molecule has 6 heteroatoms. The maximum absolute atomic E-state index is 13.1. The Bertz CT molecular complexity index is 652. The van der Waals surface area contributed by atoms with Gasteiger partial charge in [-0.1, -0.05) is 0 Å². The van der Waals surface area contributed by atoms with Gasteiger partial charge in [-0.05, 0) is 53.5 Å². The lowest BCUT2D eigenvalue weighted by atomic mass is 10.2. The van der Waals surface area contributed by atoms with E-state index >= 15 is 0 Å². The minimum atomic E-state index is -0.520. The minimum Gasteiger partial charge on any atom is -0.464 e. The van der Waals surface area contributed by atoms with Crippen molar-refractivity contribution in [1.29, 1.82) is 0 Å². The zero-order chi connectivity index (χ0) is 14.2. The van der Waals surface area contributed by atoms with Crippen LogP contribution in [0.15, 0.2) is 22.7 Å². The standard InChI is InChI=1S/C13H12BrFN2O2/c1-7-6-9(15)4-5-10(7)17-8(2)11(14)12(16-17)13(18)19-3/h4-6H,1-3H3. The maximum Gasteiger partial charge on any atom is 0.359 e. The van der Waals surface area contributed by atoms with E-state index in [2.05, 4.69) is 25.8 Å². The Morgan fingerprint density at radius 1 is 1.42 bits per heavy atom. The van der Waals surface area contributed by atoms with Crippen LogP contribution >= 0.6 is 15.9 Å². The highest BCUT2D eigenvalue weighted by Gasteiger charge is 2.20. The SMILES string of the molecule is COC(=O)c1nn(-c2ccc(F)cc2C)c(C)c1Br. The summed E-state index contributed by atoms with van der Waals surface area (Å²) in [5, 5.41) is 4.21. The highest BCUT2D eigenvalue weighted by Crippen LogP contribution is 2.25. The van der Waals surface area contributed by atoms with Crippen molar-refractivity contribution in [3.05, 3.63) is 45.4 Å². The summed E-state index contributed by atoms with van der Waals surface area (Å²) in [6.45, 7) is 3.59. The Kier molecular flexibility index (Phi) is 3.71. The van der Waals surface area contributed by atoms with Gasteiger partial charge in [-0.15, -0.1) is 0 Å². The molecular formula is C13H12BrFN2O2. The molecule has 0 aliphatic rings. The Labute approximate surface area is 118 Å². The molecule has 0 aliphatic heterocycles. The number of halogens is 2. The Morgan fingerprint density at radius 3 is 2.68 bits per heavy atom. The van der Waals surface area contributed by atoms with Gasteiger partial charge in [-0.3, -0.25) is 0 Å². The second-order valence-electron chi connectivity index (χ2n) is 4.08. The number of esters is 1. The molecule has 2 aromatic rings. The van der Waals surface area contributed by atoms with Gasteiger partial charge in [0.15, 0.2) is 5.69 Å². The summed E-state index contributed by atoms with van der Waals surface area (Å²) in [5.41, 5.74) is 2.39. The number of hydrogen-bond acceptors (Lipinski definition) is 3. The van der Waals surface area contributed by atoms with Gasteiger partial charge in [0.25, 0.3) is 0 Å². The largest absolute Gasteiger partial charge is 0.464 e. The summed E-state index contributed by atoms with van der Waals surface area (Å²) in [5.74, 6) is -0.827. The van der Waals surface area contributed by atoms with Gasteiger partial charge in [0.1, 0.15) is 5.82 Å². The molecule has 0 spiro atoms. The normalized spacial score (nSPS) is 10.6. The third-order valence-electron chi connectivity index (χ3n) is 2.81. The fourth-order valence-corrected chi connectivity index (χ4v) is 2.21. The third-order valence-corrected chi connectivity index (χ3v) is 3.76. The van der Waals surface area contributed by atoms with Crippen molar-refractivity contribution in [1.82, 2.24) is 9.78 Å². The van der Waals surface area contributed by atoms with Crippen molar-refractivity contribution in [2.45, 2.75) is 13.8 Å². The summed E-state index contributed by atoms with van der Waals surface area (Å²) in [6, 6.07) is 4.40. The number of benzene rings is 1. The van der Waals surface area contributed by atoms with Crippen molar-refractivity contribution in [2.24, 2.45) is 0 Å². The molecule has 1 aromatic carbocycles. The molecule has 1 heterocycles. The Hall–Kier alpha value is -1.69. The van der Waals surface area contributed by atoms with Crippen molar-refractivity contribution >= 4 is 21.9 Å². The number of carbonyl (C=O) groups excluding carboxylic acids is 1. The average molecular weight is 327 g/mol. The topological polar surface area (TPSA) is 44.1 Å². The van der Waals surface area contributed by atoms with Crippen molar-refractivity contribution in [2.75, 3.05) is 7.11 Å². The van der Waals surface area contributed by atoms with E-state index in [4.69, 9.17) is 0 Å². The van der Waals surface area contributed by atoms with E-state index in [1.54, 1.807) is 17.7 Å². The van der Waals surface area contributed by atoms with Crippen LogP contribution in [0.4, 0.5) is 4.39 Å². The van der Waals surface area contributed by atoms with Crippen molar-refractivity contribution in [3.8, 4) is 5.69 Å². The molecular weight excluding hydrogens is 315 g/mol. The highest BCUT2D eigenvalue weighted by molar-refractivity contribution is 9.10. The summed E-state index contributed by atoms with van der Waals surface area (Å²) >= 11 is 3.32. The Morgan fingerprint density at radius 2 is 2.11 bits per heavy atom. The first-order chi connectivity index (χ1) is 8.95. The predicted molar refractivity (Wildman–Crippen MR) is 72.0 cm³/mol. The van der Waals surface area contributed by atoms with Gasteiger partial charge in [0, 0.05) is 0 Å². The molecule has 19 heavy (non-hydrogen) atoms. The molecule has 0 saturated carbocycles. The molecule has 0 unspecified atom stereocenters. The van der Waals surface area contributed by atoms with Gasteiger partial charge in [-0.2, -0.15) is 5.10 Å². The molecule has 0 saturated heterocycles. The fourth-order valence-electron chi connectivity index (χ4n) is 1.80. The van der Waals surface area contributed by atoms with Crippen LogP contribution in [0.3, 0.4) is 0 Å². The number of nitrogens with zero attached hydrogens (tertiary/aromatic N) is 2.